The summed E-state index contributed by atoms with van der Waals surface area (Å²) in [6, 6.07) is 0.908. The molecule has 0 radical (unpaired) electrons. The molecule has 0 spiro atoms. The summed E-state index contributed by atoms with van der Waals surface area (Å²) in [6.07, 6.45) is -0.268. The third-order valence-electron chi connectivity index (χ3n) is 4.16. The summed E-state index contributed by atoms with van der Waals surface area (Å²) < 4.78 is 38.2. The van der Waals surface area contributed by atoms with Crippen LogP contribution in [0, 0.1) is 5.92 Å². The van der Waals surface area contributed by atoms with Crippen LogP contribution in [0.2, 0.25) is 0 Å². The standard InChI is InChI=1S/C14H20F3N3O/c1-9-2-4-13(8-21,5-3-9)20-11-6-12(14(15,16)17)19-7-10(11)18/h6-7,9,21H,2-5,8,18H2,1H3,(H,19,20). The fraction of sp³-hybridized carbons (Fsp3) is 0.643. The molecule has 1 aromatic rings. The number of pyridine rings is 1. The Hall–Kier alpha value is -1.50. The van der Waals surface area contributed by atoms with Crippen LogP contribution < -0.4 is 11.1 Å². The Morgan fingerprint density at radius 2 is 2.05 bits per heavy atom. The molecule has 1 aliphatic rings. The smallest absolute Gasteiger partial charge is 0.396 e. The van der Waals surface area contributed by atoms with E-state index in [0.717, 1.165) is 25.1 Å². The average molecular weight is 303 g/mol. The molecule has 0 bridgehead atoms. The number of rotatable bonds is 3. The number of nitrogens with one attached hydrogen (secondary N) is 1. The summed E-state index contributed by atoms with van der Waals surface area (Å²) in [7, 11) is 0. The van der Waals surface area contributed by atoms with Crippen LogP contribution in [-0.2, 0) is 6.18 Å². The van der Waals surface area contributed by atoms with Crippen LogP contribution in [0.15, 0.2) is 12.3 Å². The molecule has 4 N–H and O–H groups in total. The van der Waals surface area contributed by atoms with Crippen LogP contribution >= 0.6 is 0 Å². The maximum atomic E-state index is 12.7. The molecule has 1 saturated carbocycles. The number of anilines is 2. The number of hydrogen-bond donors (Lipinski definition) is 3. The summed E-state index contributed by atoms with van der Waals surface area (Å²) in [6.45, 7) is 1.99. The molecular formula is C14H20F3N3O. The summed E-state index contributed by atoms with van der Waals surface area (Å²) >= 11 is 0. The highest BCUT2D eigenvalue weighted by molar-refractivity contribution is 5.66. The van der Waals surface area contributed by atoms with Gasteiger partial charge in [0.15, 0.2) is 0 Å². The number of alkyl halides is 3. The SMILES string of the molecule is CC1CCC(CO)(Nc2cc(C(F)(F)F)ncc2N)CC1. The lowest BCUT2D eigenvalue weighted by Gasteiger charge is -2.39. The number of nitrogens with two attached hydrogens (primary N) is 1. The van der Waals surface area contributed by atoms with Crippen molar-refractivity contribution in [2.75, 3.05) is 17.7 Å². The topological polar surface area (TPSA) is 71.2 Å². The first-order valence-electron chi connectivity index (χ1n) is 6.97. The zero-order chi connectivity index (χ0) is 15.7. The van der Waals surface area contributed by atoms with Gasteiger partial charge in [0.05, 0.1) is 29.7 Å². The van der Waals surface area contributed by atoms with Gasteiger partial charge in [-0.2, -0.15) is 13.2 Å². The van der Waals surface area contributed by atoms with Crippen molar-refractivity contribution in [1.82, 2.24) is 4.98 Å². The van der Waals surface area contributed by atoms with Gasteiger partial charge in [-0.3, -0.25) is 0 Å². The maximum Gasteiger partial charge on any atom is 0.433 e. The first kappa shape index (κ1) is 15.9. The van der Waals surface area contributed by atoms with Crippen LogP contribution in [0.3, 0.4) is 0 Å². The van der Waals surface area contributed by atoms with Crippen molar-refractivity contribution in [2.24, 2.45) is 5.92 Å². The first-order valence-corrected chi connectivity index (χ1v) is 6.97. The molecule has 0 unspecified atom stereocenters. The largest absolute Gasteiger partial charge is 0.433 e. The van der Waals surface area contributed by atoms with Crippen LogP contribution in [0.1, 0.15) is 38.3 Å². The fourth-order valence-corrected chi connectivity index (χ4v) is 2.65. The molecule has 1 heterocycles. The quantitative estimate of drug-likeness (QED) is 0.802. The Morgan fingerprint density at radius 1 is 1.43 bits per heavy atom. The molecule has 0 saturated heterocycles. The average Bonchev–Trinajstić information content (AvgIpc) is 2.43. The highest BCUT2D eigenvalue weighted by Gasteiger charge is 2.36. The van der Waals surface area contributed by atoms with Gasteiger partial charge in [-0.1, -0.05) is 6.92 Å². The first-order chi connectivity index (χ1) is 9.76. The van der Waals surface area contributed by atoms with Gasteiger partial charge in [-0.05, 0) is 37.7 Å². The molecule has 0 amide bonds. The van der Waals surface area contributed by atoms with Gasteiger partial charge in [0.2, 0.25) is 0 Å². The number of aliphatic hydroxyl groups is 1. The van der Waals surface area contributed by atoms with Gasteiger partial charge in [0.25, 0.3) is 0 Å². The lowest BCUT2D eigenvalue weighted by atomic mass is 9.77. The van der Waals surface area contributed by atoms with E-state index in [1.54, 1.807) is 0 Å². The molecule has 118 valence electrons. The van der Waals surface area contributed by atoms with Gasteiger partial charge in [0.1, 0.15) is 5.69 Å². The number of hydrogen-bond acceptors (Lipinski definition) is 4. The predicted octanol–water partition coefficient (Wildman–Crippen LogP) is 3.04. The number of nitrogen functional groups attached to an aromatic ring is 1. The predicted molar refractivity (Wildman–Crippen MR) is 74.7 cm³/mol. The molecule has 4 nitrogen and oxygen atoms in total. The molecule has 21 heavy (non-hydrogen) atoms. The van der Waals surface area contributed by atoms with Crippen molar-refractivity contribution < 1.29 is 18.3 Å². The highest BCUT2D eigenvalue weighted by atomic mass is 19.4. The normalized spacial score (nSPS) is 26.6. The summed E-state index contributed by atoms with van der Waals surface area (Å²) in [5.41, 5.74) is 4.45. The zero-order valence-electron chi connectivity index (χ0n) is 11.9. The van der Waals surface area contributed by atoms with Crippen LogP contribution in [0.25, 0.3) is 0 Å². The number of aromatic nitrogens is 1. The molecule has 2 rings (SSSR count). The number of nitrogens with zero attached hydrogens (tertiary/aromatic N) is 1. The van der Waals surface area contributed by atoms with E-state index in [2.05, 4.69) is 17.2 Å². The van der Waals surface area contributed by atoms with E-state index >= 15 is 0 Å². The van der Waals surface area contributed by atoms with Gasteiger partial charge < -0.3 is 16.2 Å². The second-order valence-corrected chi connectivity index (χ2v) is 5.90. The molecule has 1 fully saturated rings. The van der Waals surface area contributed by atoms with Crippen molar-refractivity contribution in [2.45, 2.75) is 44.3 Å². The zero-order valence-corrected chi connectivity index (χ0v) is 11.9. The third kappa shape index (κ3) is 3.58. The van der Waals surface area contributed by atoms with Gasteiger partial charge in [-0.25, -0.2) is 4.98 Å². The van der Waals surface area contributed by atoms with Gasteiger partial charge >= 0.3 is 6.18 Å². The Labute approximate surface area is 121 Å². The monoisotopic (exact) mass is 303 g/mol. The number of aliphatic hydroxyl groups excluding tert-OH is 1. The van der Waals surface area contributed by atoms with E-state index in [1.807, 2.05) is 0 Å². The van der Waals surface area contributed by atoms with Crippen molar-refractivity contribution >= 4 is 11.4 Å². The molecule has 7 heteroatoms. The third-order valence-corrected chi connectivity index (χ3v) is 4.16. The molecule has 0 aromatic carbocycles. The minimum Gasteiger partial charge on any atom is -0.396 e. The fourth-order valence-electron chi connectivity index (χ4n) is 2.65. The molecule has 1 aliphatic carbocycles. The van der Waals surface area contributed by atoms with E-state index in [4.69, 9.17) is 5.73 Å². The van der Waals surface area contributed by atoms with Crippen LogP contribution in [0.4, 0.5) is 24.5 Å². The van der Waals surface area contributed by atoms with Crippen molar-refractivity contribution in [3.63, 3.8) is 0 Å². The minimum atomic E-state index is -4.52. The van der Waals surface area contributed by atoms with Gasteiger partial charge in [0, 0.05) is 0 Å². The van der Waals surface area contributed by atoms with E-state index < -0.39 is 17.4 Å². The van der Waals surface area contributed by atoms with E-state index in [9.17, 15) is 18.3 Å². The van der Waals surface area contributed by atoms with Crippen molar-refractivity contribution in [3.05, 3.63) is 18.0 Å². The molecule has 0 aliphatic heterocycles. The van der Waals surface area contributed by atoms with E-state index in [1.165, 1.54) is 0 Å². The Balaban J connectivity index is 2.25. The van der Waals surface area contributed by atoms with Gasteiger partial charge in [-0.15, -0.1) is 0 Å². The second kappa shape index (κ2) is 5.71. The highest BCUT2D eigenvalue weighted by Crippen LogP contribution is 2.37. The molecular weight excluding hydrogens is 283 g/mol. The van der Waals surface area contributed by atoms with E-state index in [0.29, 0.717) is 18.8 Å². The second-order valence-electron chi connectivity index (χ2n) is 5.90. The maximum absolute atomic E-state index is 12.7. The summed E-state index contributed by atoms with van der Waals surface area (Å²) in [5.74, 6) is 0.562. The molecule has 0 atom stereocenters. The van der Waals surface area contributed by atoms with E-state index in [-0.39, 0.29) is 18.0 Å². The Kier molecular flexibility index (Phi) is 4.32. The number of halogens is 3. The molecule has 1 aromatic heterocycles. The summed E-state index contributed by atoms with van der Waals surface area (Å²) in [4.78, 5) is 3.31. The van der Waals surface area contributed by atoms with Crippen molar-refractivity contribution in [1.29, 1.82) is 0 Å². The Bertz CT molecular complexity index is 497. The van der Waals surface area contributed by atoms with Crippen LogP contribution in [0.5, 0.6) is 0 Å². The van der Waals surface area contributed by atoms with Crippen molar-refractivity contribution in [3.8, 4) is 0 Å². The lowest BCUT2D eigenvalue weighted by Crippen LogP contribution is -2.45. The Morgan fingerprint density at radius 3 is 2.57 bits per heavy atom. The lowest BCUT2D eigenvalue weighted by molar-refractivity contribution is -0.141. The minimum absolute atomic E-state index is 0.136. The summed E-state index contributed by atoms with van der Waals surface area (Å²) in [5, 5.41) is 12.7. The van der Waals surface area contributed by atoms with Crippen LogP contribution in [-0.4, -0.2) is 22.2 Å².